The minimum atomic E-state index is -0.854. The number of piperidine rings is 1. The third-order valence-electron chi connectivity index (χ3n) is 4.10. The summed E-state index contributed by atoms with van der Waals surface area (Å²) in [5, 5.41) is 9.21. The van der Waals surface area contributed by atoms with Crippen LogP contribution in [0.4, 0.5) is 5.69 Å². The molecule has 0 amide bonds. The van der Waals surface area contributed by atoms with Crippen LogP contribution in [0.15, 0.2) is 36.7 Å². The van der Waals surface area contributed by atoms with Crippen LogP contribution >= 0.6 is 0 Å². The Morgan fingerprint density at radius 3 is 2.76 bits per heavy atom. The van der Waals surface area contributed by atoms with E-state index in [0.29, 0.717) is 5.69 Å². The van der Waals surface area contributed by atoms with Crippen LogP contribution in [0.2, 0.25) is 0 Å². The molecular formula is C16H19N3O2. The topological polar surface area (TPSA) is 58.4 Å². The predicted octanol–water partition coefficient (Wildman–Crippen LogP) is 2.73. The van der Waals surface area contributed by atoms with Crippen molar-refractivity contribution in [2.45, 2.75) is 25.8 Å². The maximum absolute atomic E-state index is 11.2. The van der Waals surface area contributed by atoms with Crippen LogP contribution in [0, 0.1) is 6.92 Å². The van der Waals surface area contributed by atoms with E-state index in [1.807, 2.05) is 36.0 Å². The summed E-state index contributed by atoms with van der Waals surface area (Å²) in [5.74, 6) is -0.854. The van der Waals surface area contributed by atoms with Crippen molar-refractivity contribution in [3.8, 4) is 0 Å². The molecule has 2 aromatic rings. The molecule has 1 fully saturated rings. The molecule has 110 valence electrons. The van der Waals surface area contributed by atoms with Gasteiger partial charge in [-0.05, 0) is 44.0 Å². The van der Waals surface area contributed by atoms with Gasteiger partial charge in [-0.25, -0.2) is 4.79 Å². The lowest BCUT2D eigenvalue weighted by molar-refractivity contribution is 0.0681. The Kier molecular flexibility index (Phi) is 3.64. The molecule has 21 heavy (non-hydrogen) atoms. The van der Waals surface area contributed by atoms with Crippen molar-refractivity contribution >= 4 is 11.7 Å². The third-order valence-corrected chi connectivity index (χ3v) is 4.10. The summed E-state index contributed by atoms with van der Waals surface area (Å²) in [7, 11) is 0. The molecule has 5 nitrogen and oxygen atoms in total. The molecule has 1 aliphatic heterocycles. The number of hydrogen-bond donors (Lipinski definition) is 1. The highest BCUT2D eigenvalue weighted by atomic mass is 16.4. The summed E-state index contributed by atoms with van der Waals surface area (Å²) in [4.78, 5) is 17.8. The minimum Gasteiger partial charge on any atom is -0.477 e. The number of aryl methyl sites for hydroxylation is 1. The molecule has 0 radical (unpaired) electrons. The van der Waals surface area contributed by atoms with Crippen molar-refractivity contribution in [3.05, 3.63) is 48.0 Å². The van der Waals surface area contributed by atoms with E-state index in [-0.39, 0.29) is 6.04 Å². The zero-order chi connectivity index (χ0) is 14.8. The first-order valence-electron chi connectivity index (χ1n) is 7.23. The maximum Gasteiger partial charge on any atom is 0.352 e. The summed E-state index contributed by atoms with van der Waals surface area (Å²) in [6, 6.07) is 7.87. The van der Waals surface area contributed by atoms with Crippen LogP contribution < -0.4 is 4.90 Å². The monoisotopic (exact) mass is 285 g/mol. The third kappa shape index (κ3) is 2.77. The van der Waals surface area contributed by atoms with E-state index >= 15 is 0 Å². The summed E-state index contributed by atoms with van der Waals surface area (Å²) >= 11 is 0. The lowest BCUT2D eigenvalue weighted by atomic mass is 10.0. The van der Waals surface area contributed by atoms with Gasteiger partial charge < -0.3 is 14.6 Å². The summed E-state index contributed by atoms with van der Waals surface area (Å²) in [6.07, 6.45) is 5.62. The fourth-order valence-corrected chi connectivity index (χ4v) is 3.02. The number of carboxylic acid groups (broad SMARTS) is 1. The zero-order valence-electron chi connectivity index (χ0n) is 12.1. The molecule has 5 heteroatoms. The van der Waals surface area contributed by atoms with Crippen molar-refractivity contribution < 1.29 is 9.90 Å². The number of rotatable bonds is 3. The van der Waals surface area contributed by atoms with Crippen molar-refractivity contribution in [1.29, 1.82) is 0 Å². The van der Waals surface area contributed by atoms with Crippen LogP contribution in [0.3, 0.4) is 0 Å². The van der Waals surface area contributed by atoms with Crippen LogP contribution in [0.1, 0.15) is 35.1 Å². The fraction of sp³-hybridized carbons (Fsp3) is 0.375. The normalized spacial score (nSPS) is 16.1. The van der Waals surface area contributed by atoms with E-state index in [1.165, 1.54) is 5.69 Å². The predicted molar refractivity (Wildman–Crippen MR) is 80.8 cm³/mol. The standard InChI is InChI=1S/C16H19N3O2/c1-12-11-14(4-7-17-12)18-9-5-13(6-10-18)19-8-2-3-15(19)16(20)21/h2-4,7-8,11,13H,5-6,9-10H2,1H3,(H,20,21). The molecule has 0 aliphatic carbocycles. The van der Waals surface area contributed by atoms with E-state index in [0.717, 1.165) is 31.6 Å². The van der Waals surface area contributed by atoms with Gasteiger partial charge in [0.15, 0.2) is 0 Å². The maximum atomic E-state index is 11.2. The Morgan fingerprint density at radius 2 is 2.10 bits per heavy atom. The average Bonchev–Trinajstić information content (AvgIpc) is 2.97. The molecule has 3 heterocycles. The molecule has 1 saturated heterocycles. The number of aromatic nitrogens is 2. The van der Waals surface area contributed by atoms with Crippen LogP contribution in [-0.2, 0) is 0 Å². The van der Waals surface area contributed by atoms with Gasteiger partial charge in [-0.2, -0.15) is 0 Å². The summed E-state index contributed by atoms with van der Waals surface area (Å²) in [6.45, 7) is 3.87. The van der Waals surface area contributed by atoms with Crippen LogP contribution in [-0.4, -0.2) is 33.7 Å². The highest BCUT2D eigenvalue weighted by molar-refractivity contribution is 5.85. The second kappa shape index (κ2) is 5.60. The summed E-state index contributed by atoms with van der Waals surface area (Å²) < 4.78 is 1.90. The van der Waals surface area contributed by atoms with Gasteiger partial charge in [0.05, 0.1) is 0 Å². The van der Waals surface area contributed by atoms with Gasteiger partial charge >= 0.3 is 5.97 Å². The minimum absolute atomic E-state index is 0.269. The van der Waals surface area contributed by atoms with E-state index in [2.05, 4.69) is 16.0 Å². The van der Waals surface area contributed by atoms with Crippen molar-refractivity contribution in [2.75, 3.05) is 18.0 Å². The van der Waals surface area contributed by atoms with Gasteiger partial charge in [0, 0.05) is 42.9 Å². The molecular weight excluding hydrogens is 266 g/mol. The highest BCUT2D eigenvalue weighted by Gasteiger charge is 2.23. The lowest BCUT2D eigenvalue weighted by Crippen LogP contribution is -2.35. The highest BCUT2D eigenvalue weighted by Crippen LogP contribution is 2.27. The number of carboxylic acids is 1. The molecule has 0 unspecified atom stereocenters. The Labute approximate surface area is 123 Å². The fourth-order valence-electron chi connectivity index (χ4n) is 3.02. The number of hydrogen-bond acceptors (Lipinski definition) is 3. The van der Waals surface area contributed by atoms with Gasteiger partial charge in [0.1, 0.15) is 5.69 Å². The molecule has 0 bridgehead atoms. The molecule has 1 aliphatic rings. The van der Waals surface area contributed by atoms with Crippen LogP contribution in [0.25, 0.3) is 0 Å². The Morgan fingerprint density at radius 1 is 1.33 bits per heavy atom. The first kappa shape index (κ1) is 13.7. The van der Waals surface area contributed by atoms with E-state index in [1.54, 1.807) is 6.07 Å². The molecule has 1 N–H and O–H groups in total. The number of nitrogens with zero attached hydrogens (tertiary/aromatic N) is 3. The van der Waals surface area contributed by atoms with E-state index < -0.39 is 5.97 Å². The zero-order valence-corrected chi connectivity index (χ0v) is 12.1. The van der Waals surface area contributed by atoms with Gasteiger partial charge in [-0.3, -0.25) is 4.98 Å². The number of carbonyl (C=O) groups is 1. The number of anilines is 1. The van der Waals surface area contributed by atoms with Crippen molar-refractivity contribution in [1.82, 2.24) is 9.55 Å². The SMILES string of the molecule is Cc1cc(N2CCC(n3cccc3C(=O)O)CC2)ccn1. The second-order valence-electron chi connectivity index (χ2n) is 5.48. The molecule has 2 aromatic heterocycles. The Bertz CT molecular complexity index is 642. The Hall–Kier alpha value is -2.30. The van der Waals surface area contributed by atoms with E-state index in [4.69, 9.17) is 0 Å². The van der Waals surface area contributed by atoms with Gasteiger partial charge in [0.2, 0.25) is 0 Å². The lowest BCUT2D eigenvalue weighted by Gasteiger charge is -2.34. The molecule has 0 saturated carbocycles. The molecule has 0 aromatic carbocycles. The number of aromatic carboxylic acids is 1. The summed E-state index contributed by atoms with van der Waals surface area (Å²) in [5.41, 5.74) is 2.60. The van der Waals surface area contributed by atoms with Crippen molar-refractivity contribution in [3.63, 3.8) is 0 Å². The molecule has 3 rings (SSSR count). The largest absolute Gasteiger partial charge is 0.477 e. The average molecular weight is 285 g/mol. The van der Waals surface area contributed by atoms with Gasteiger partial charge in [-0.1, -0.05) is 0 Å². The Balaban J connectivity index is 1.70. The van der Waals surface area contributed by atoms with Gasteiger partial charge in [0.25, 0.3) is 0 Å². The van der Waals surface area contributed by atoms with E-state index in [9.17, 15) is 9.90 Å². The smallest absolute Gasteiger partial charge is 0.352 e. The molecule has 0 spiro atoms. The van der Waals surface area contributed by atoms with Crippen molar-refractivity contribution in [2.24, 2.45) is 0 Å². The number of pyridine rings is 1. The second-order valence-corrected chi connectivity index (χ2v) is 5.48. The quantitative estimate of drug-likeness (QED) is 0.942. The van der Waals surface area contributed by atoms with Crippen LogP contribution in [0.5, 0.6) is 0 Å². The first-order chi connectivity index (χ1) is 10.1. The van der Waals surface area contributed by atoms with Gasteiger partial charge in [-0.15, -0.1) is 0 Å². The molecule has 0 atom stereocenters. The first-order valence-corrected chi connectivity index (χ1v) is 7.23.